The Morgan fingerprint density at radius 1 is 0.376 bits per heavy atom. The molecule has 93 heavy (non-hydrogen) atoms. The standard InChI is InChI=1S/C23H24NO.C22H22NO.C21H20NO.C18H15N2O/c1-14(2)17-10-11-24(5)19(13-17)22-16(4)12-15(3)21-18-8-6-7-9-20(18)25-23(21)22;1-13-11-18(23(5)12-16(13)4)21-15(3)10-14(2)20-17-8-6-7-9-19(17)24-22(20)21;1-13-9-10-17(22(4)12-13)20-15(3)11-14(2)19-16-7-5-6-8-18(16)23-21(19)20;1-12-8-9-13-14-6-5-10-19-18(14)21-17(13)16(12)15-7-3-4-11-20(15)2/h6-14H,1-5H3;6-12H,1-5H3;5-12H,1-4H3;3-11H,1-2H3/q4*+1/i1D3,3D3,14D;2D3,4D3;1D3,2D3;. The van der Waals surface area contributed by atoms with E-state index in [0.717, 1.165) is 72.0 Å². The molecule has 0 N–H and O–H groups in total. The van der Waals surface area contributed by atoms with Crippen LogP contribution in [0.1, 0.15) is 107 Å². The lowest BCUT2D eigenvalue weighted by Crippen LogP contribution is -2.31. The second-order valence-electron chi connectivity index (χ2n) is 23.9. The number of fused-ring (bicyclic) bond motifs is 12. The Bertz CT molecular complexity index is 6410. The van der Waals surface area contributed by atoms with Crippen LogP contribution < -0.4 is 18.3 Å². The normalized spacial score (nSPS) is 16.0. The maximum atomic E-state index is 8.50. The van der Waals surface area contributed by atoms with Gasteiger partial charge in [0.15, 0.2) is 30.4 Å². The number of furan rings is 4. The van der Waals surface area contributed by atoms with Crippen LogP contribution >= 0.6 is 0 Å². The SMILES string of the molecule is Cc1ccc2c(oc3ncccc32)c1-c1cccc[n+]1C.[2H]C([2H])([2H])c1c[n+](C)c(-c2c(C)cc(C([2H])([2H])[2H])c3c2oc2ccccc23)cc1C.[2H]C([2H])([2H])c1cc(C)c(-c2cc(C([2H])(C)C([2H])([2H])[2H])cc[n+]2C)c2oc3ccccc3c12.[2H]C([2H])([2H])c1ccc(-c2c(C)cc(C([2H])([2H])[2H])c3c2oc2ccccc23)[n+](C)c1. The Balaban J connectivity index is 0.000000132. The quantitative estimate of drug-likeness (QED) is 0.160. The monoisotopic (exact) mass is 1240 g/mol. The number of nitrogens with zero attached hydrogens (tertiary/aromatic N) is 5. The van der Waals surface area contributed by atoms with Crippen LogP contribution in [0.5, 0.6) is 0 Å². The summed E-state index contributed by atoms with van der Waals surface area (Å²) >= 11 is 0. The van der Waals surface area contributed by atoms with Gasteiger partial charge in [0.1, 0.15) is 61.7 Å². The summed E-state index contributed by atoms with van der Waals surface area (Å²) < 4.78 is 182. The molecule has 0 fully saturated rings. The third-order valence-corrected chi connectivity index (χ3v) is 17.4. The lowest BCUT2D eigenvalue weighted by molar-refractivity contribution is -0.660. The molecule has 1 unspecified atom stereocenters. The highest BCUT2D eigenvalue weighted by Gasteiger charge is 2.27. The molecule has 9 heteroatoms. The van der Waals surface area contributed by atoms with E-state index in [0.29, 0.717) is 88.7 Å². The van der Waals surface area contributed by atoms with E-state index in [1.54, 1.807) is 103 Å². The molecule has 9 nitrogen and oxygen atoms in total. The zero-order valence-electron chi connectivity index (χ0n) is 72.3. The Morgan fingerprint density at radius 2 is 0.871 bits per heavy atom. The topological polar surface area (TPSA) is 81.0 Å². The van der Waals surface area contributed by atoms with Crippen LogP contribution in [0.3, 0.4) is 0 Å². The van der Waals surface area contributed by atoms with Crippen LogP contribution in [0, 0.1) is 68.9 Å². The molecule has 0 amide bonds. The van der Waals surface area contributed by atoms with E-state index in [1.807, 2.05) is 117 Å². The van der Waals surface area contributed by atoms with Crippen LogP contribution in [0.2, 0.25) is 0 Å². The van der Waals surface area contributed by atoms with E-state index < -0.39 is 47.0 Å². The number of pyridine rings is 5. The first kappa shape index (κ1) is 42.5. The summed E-state index contributed by atoms with van der Waals surface area (Å²) in [5, 5.41) is 6.05. The summed E-state index contributed by atoms with van der Waals surface area (Å²) in [6.45, 7) is -3.08. The molecule has 0 bridgehead atoms. The third kappa shape index (κ3) is 11.1. The van der Waals surface area contributed by atoms with Crippen molar-refractivity contribution in [3.63, 3.8) is 0 Å². The lowest BCUT2D eigenvalue weighted by Gasteiger charge is -2.10. The second kappa shape index (κ2) is 24.6. The molecule has 0 aliphatic carbocycles. The minimum atomic E-state index is -2.51. The van der Waals surface area contributed by atoms with Gasteiger partial charge in [-0.3, -0.25) is 0 Å². The zero-order valence-corrected chi connectivity index (χ0v) is 53.3. The van der Waals surface area contributed by atoms with Crippen molar-refractivity contribution < 1.29 is 62.0 Å². The zero-order chi connectivity index (χ0) is 81.2. The van der Waals surface area contributed by atoms with Crippen molar-refractivity contribution >= 4 is 87.9 Å². The van der Waals surface area contributed by atoms with Gasteiger partial charge in [0.05, 0.1) is 22.3 Å². The van der Waals surface area contributed by atoms with Crippen molar-refractivity contribution in [1.82, 2.24) is 4.98 Å². The summed E-state index contributed by atoms with van der Waals surface area (Å²) in [5.74, 6) is -1.81. The molecule has 0 aliphatic heterocycles. The highest BCUT2D eigenvalue weighted by molar-refractivity contribution is 6.14. The molecule has 16 rings (SSSR count). The highest BCUT2D eigenvalue weighted by Crippen LogP contribution is 2.43. The van der Waals surface area contributed by atoms with Gasteiger partial charge in [-0.15, -0.1) is 0 Å². The summed E-state index contributed by atoms with van der Waals surface area (Å²) in [4.78, 5) is 4.33. The van der Waals surface area contributed by atoms with Crippen molar-refractivity contribution in [2.24, 2.45) is 28.2 Å². The molecule has 0 radical (unpaired) electrons. The van der Waals surface area contributed by atoms with Crippen molar-refractivity contribution in [3.8, 4) is 45.0 Å². The third-order valence-electron chi connectivity index (χ3n) is 17.4. The van der Waals surface area contributed by atoms with E-state index >= 15 is 0 Å². The predicted octanol–water partition coefficient (Wildman–Crippen LogP) is 19.9. The second-order valence-corrected chi connectivity index (χ2v) is 23.9. The Hall–Kier alpha value is -10.5. The minimum Gasteiger partial charge on any atom is -0.455 e. The molecule has 462 valence electrons. The Morgan fingerprint density at radius 3 is 1.41 bits per heavy atom. The Kier molecular flexibility index (Phi) is 11.3. The molecular weight excluding hydrogens is 1140 g/mol. The van der Waals surface area contributed by atoms with E-state index in [1.165, 1.54) is 12.5 Å². The van der Waals surface area contributed by atoms with Gasteiger partial charge in [0.2, 0.25) is 28.5 Å². The van der Waals surface area contributed by atoms with Gasteiger partial charge >= 0.3 is 0 Å². The van der Waals surface area contributed by atoms with E-state index in [2.05, 4.69) is 60.1 Å². The molecule has 1 atom stereocenters. The molecule has 0 saturated heterocycles. The maximum absolute atomic E-state index is 8.50. The molecule has 9 aromatic heterocycles. The van der Waals surface area contributed by atoms with Gasteiger partial charge in [-0.05, 0) is 167 Å². The van der Waals surface area contributed by atoms with Crippen LogP contribution in [0.4, 0.5) is 0 Å². The first-order valence-electron chi connectivity index (χ1n) is 40.0. The number of benzene rings is 7. The van der Waals surface area contributed by atoms with Crippen molar-refractivity contribution in [3.05, 3.63) is 256 Å². The molecule has 7 aromatic carbocycles. The average molecular weight is 1240 g/mol. The number of aryl methyl sites for hydroxylation is 14. The van der Waals surface area contributed by atoms with Crippen LogP contribution in [0.25, 0.3) is 133 Å². The molecule has 9 heterocycles. The van der Waals surface area contributed by atoms with E-state index in [4.69, 9.17) is 43.7 Å². The largest absolute Gasteiger partial charge is 0.455 e. The molecule has 0 aliphatic rings. The van der Waals surface area contributed by atoms with Crippen LogP contribution in [-0.2, 0) is 28.2 Å². The van der Waals surface area contributed by atoms with Crippen LogP contribution in [0.15, 0.2) is 212 Å². The van der Waals surface area contributed by atoms with Crippen molar-refractivity contribution in [1.29, 1.82) is 0 Å². The fourth-order valence-corrected chi connectivity index (χ4v) is 12.8. The summed E-state index contributed by atoms with van der Waals surface area (Å²) in [5.41, 5.74) is 17.1. The minimum absolute atomic E-state index is 0.213. The average Bonchev–Trinajstić information content (AvgIpc) is 1.51. The first-order valence-corrected chi connectivity index (χ1v) is 30.5. The van der Waals surface area contributed by atoms with Gasteiger partial charge < -0.3 is 17.7 Å². The van der Waals surface area contributed by atoms with Crippen molar-refractivity contribution in [2.45, 2.75) is 88.5 Å². The molecule has 16 aromatic rings. The summed E-state index contributed by atoms with van der Waals surface area (Å²) in [6.07, 6.45) is 8.72. The smallest absolute Gasteiger partial charge is 0.227 e. The fourth-order valence-electron chi connectivity index (χ4n) is 12.8. The van der Waals surface area contributed by atoms with Gasteiger partial charge in [0.25, 0.3) is 0 Å². The molecular formula is C84H81N5O4+4. The summed E-state index contributed by atoms with van der Waals surface area (Å²) in [6, 6.07) is 50.0. The number of rotatable bonds is 5. The van der Waals surface area contributed by atoms with Crippen LogP contribution in [-0.4, -0.2) is 4.98 Å². The lowest BCUT2D eigenvalue weighted by atomic mass is 9.95. The van der Waals surface area contributed by atoms with Gasteiger partial charge in [-0.1, -0.05) is 98.7 Å². The van der Waals surface area contributed by atoms with Crippen molar-refractivity contribution in [2.75, 3.05) is 0 Å². The predicted molar refractivity (Wildman–Crippen MR) is 381 cm³/mol. The number of hydrogen-bond donors (Lipinski definition) is 0. The van der Waals surface area contributed by atoms with E-state index in [9.17, 15) is 0 Å². The van der Waals surface area contributed by atoms with Gasteiger partial charge in [-0.25, -0.2) is 23.3 Å². The summed E-state index contributed by atoms with van der Waals surface area (Å²) in [7, 11) is 7.43. The fraction of sp³-hybridized carbons (Fsp3) is 0.202. The first-order chi connectivity index (χ1) is 52.4. The van der Waals surface area contributed by atoms with Gasteiger partial charge in [-0.2, -0.15) is 0 Å². The molecule has 0 saturated carbocycles. The maximum Gasteiger partial charge on any atom is 0.227 e. The Labute approximate surface area is 570 Å². The van der Waals surface area contributed by atoms with E-state index in [-0.39, 0.29) is 27.8 Å². The number of para-hydroxylation sites is 3. The highest BCUT2D eigenvalue weighted by atomic mass is 16.3. The van der Waals surface area contributed by atoms with Gasteiger partial charge in [0, 0.05) is 123 Å². The molecule has 0 spiro atoms. The number of aromatic nitrogens is 5. The number of hydrogen-bond acceptors (Lipinski definition) is 5.